The number of nitrogens with zero attached hydrogens (tertiary/aromatic N) is 3. The molecule has 5 nitrogen and oxygen atoms in total. The van der Waals surface area contributed by atoms with Crippen LogP contribution in [0.15, 0.2) is 6.33 Å². The zero-order valence-corrected chi connectivity index (χ0v) is 3.00. The summed E-state index contributed by atoms with van der Waals surface area (Å²) in [6.07, 6.45) is 1.36. The van der Waals surface area contributed by atoms with Gasteiger partial charge in [0.2, 0.25) is 0 Å². The molecule has 6 heavy (non-hydrogen) atoms. The number of nitrogen functional groups attached to an aromatic ring is 1. The van der Waals surface area contributed by atoms with Gasteiger partial charge in [0.05, 0.1) is 0 Å². The number of rotatable bonds is 0. The molecule has 0 aliphatic rings. The van der Waals surface area contributed by atoms with E-state index in [4.69, 9.17) is 5.84 Å². The first-order valence-electron chi connectivity index (χ1n) is 1.42. The number of hydrogen-bond donors (Lipinski definition) is 2. The predicted molar refractivity (Wildman–Crippen MR) is 16.7 cm³/mol. The van der Waals surface area contributed by atoms with E-state index in [-0.39, 0.29) is 0 Å². The van der Waals surface area contributed by atoms with Crippen molar-refractivity contribution in [1.29, 1.82) is 0 Å². The zero-order chi connectivity index (χ0) is 4.41. The Morgan fingerprint density at radius 1 is 1.83 bits per heavy atom. The Labute approximate surface area is 33.7 Å². The van der Waals surface area contributed by atoms with Gasteiger partial charge in [-0.1, -0.05) is 10.0 Å². The number of hydrogen-bond acceptors (Lipinski definition) is 3. The summed E-state index contributed by atoms with van der Waals surface area (Å²) in [7, 11) is 0. The second-order valence-electron chi connectivity index (χ2n) is 0.838. The van der Waals surface area contributed by atoms with E-state index in [0.717, 1.165) is 4.79 Å². The van der Waals surface area contributed by atoms with Crippen molar-refractivity contribution in [2.45, 2.75) is 0 Å². The largest absolute Gasteiger partial charge is 0.311 e. The molecule has 0 unspecified atom stereocenters. The first-order valence-corrected chi connectivity index (χ1v) is 1.42. The molecule has 0 fully saturated rings. The molecular formula is CH4N5+. The SMILES string of the molecule is N[n+]1cnn[nH]1. The van der Waals surface area contributed by atoms with Gasteiger partial charge in [-0.15, -0.1) is 0 Å². The van der Waals surface area contributed by atoms with Crippen LogP contribution in [0.5, 0.6) is 0 Å². The topological polar surface area (TPSA) is 71.5 Å². The highest BCUT2D eigenvalue weighted by molar-refractivity contribution is 4.10. The lowest BCUT2D eigenvalue weighted by atomic mass is 11.4. The lowest BCUT2D eigenvalue weighted by Gasteiger charge is -1.66. The van der Waals surface area contributed by atoms with E-state index in [1.165, 1.54) is 6.33 Å². The van der Waals surface area contributed by atoms with E-state index in [1.54, 1.807) is 0 Å². The summed E-state index contributed by atoms with van der Waals surface area (Å²) < 4.78 is 0. The maximum absolute atomic E-state index is 5.01. The van der Waals surface area contributed by atoms with Gasteiger partial charge < -0.3 is 0 Å². The monoisotopic (exact) mass is 86.0 g/mol. The maximum Gasteiger partial charge on any atom is 0.311 e. The Morgan fingerprint density at radius 2 is 2.67 bits per heavy atom. The quantitative estimate of drug-likeness (QED) is 0.278. The van der Waals surface area contributed by atoms with E-state index in [0.29, 0.717) is 0 Å². The molecule has 0 aliphatic heterocycles. The third-order valence-electron chi connectivity index (χ3n) is 0.394. The Hall–Kier alpha value is -1.13. The number of aromatic amines is 1. The van der Waals surface area contributed by atoms with E-state index >= 15 is 0 Å². The van der Waals surface area contributed by atoms with Gasteiger partial charge in [0.25, 0.3) is 0 Å². The number of nitrogens with one attached hydrogen (secondary N) is 1. The van der Waals surface area contributed by atoms with Gasteiger partial charge in [-0.05, 0) is 0 Å². The minimum absolute atomic E-state index is 1.15. The summed E-state index contributed by atoms with van der Waals surface area (Å²) in [5.74, 6) is 5.01. The summed E-state index contributed by atoms with van der Waals surface area (Å²) in [4.78, 5) is 1.15. The van der Waals surface area contributed by atoms with E-state index < -0.39 is 0 Å². The number of tetrazole rings is 1. The molecule has 0 saturated carbocycles. The van der Waals surface area contributed by atoms with Crippen LogP contribution in [0.1, 0.15) is 0 Å². The van der Waals surface area contributed by atoms with Crippen molar-refractivity contribution >= 4 is 0 Å². The fourth-order valence-corrected chi connectivity index (χ4v) is 0.185. The summed E-state index contributed by atoms with van der Waals surface area (Å²) in [6.45, 7) is 0. The van der Waals surface area contributed by atoms with Crippen LogP contribution in [-0.2, 0) is 0 Å². The lowest BCUT2D eigenvalue weighted by Crippen LogP contribution is -2.45. The molecule has 32 valence electrons. The molecule has 0 radical (unpaired) electrons. The second kappa shape index (κ2) is 0.925. The van der Waals surface area contributed by atoms with Gasteiger partial charge in [0.1, 0.15) is 5.10 Å². The lowest BCUT2D eigenvalue weighted by molar-refractivity contribution is -0.701. The molecule has 0 aromatic carbocycles. The highest BCUT2D eigenvalue weighted by Gasteiger charge is 1.84. The Bertz CT molecular complexity index is 107. The first-order chi connectivity index (χ1) is 2.89. The maximum atomic E-state index is 5.01. The molecule has 1 heterocycles. The molecule has 0 aliphatic carbocycles. The number of aromatic nitrogens is 4. The molecule has 0 amide bonds. The predicted octanol–water partition coefficient (Wildman–Crippen LogP) is -2.19. The zero-order valence-electron chi connectivity index (χ0n) is 3.00. The van der Waals surface area contributed by atoms with Crippen molar-refractivity contribution in [2.75, 3.05) is 5.84 Å². The minimum atomic E-state index is 1.15. The molecule has 0 bridgehead atoms. The second-order valence-corrected chi connectivity index (χ2v) is 0.838. The molecule has 0 atom stereocenters. The van der Waals surface area contributed by atoms with E-state index in [1.807, 2.05) is 0 Å². The smallest absolute Gasteiger partial charge is 0.272 e. The van der Waals surface area contributed by atoms with Gasteiger partial charge >= 0.3 is 6.33 Å². The third kappa shape index (κ3) is 0.291. The Morgan fingerprint density at radius 3 is 2.83 bits per heavy atom. The average molecular weight is 86.1 g/mol. The van der Waals surface area contributed by atoms with Crippen LogP contribution >= 0.6 is 0 Å². The molecule has 0 spiro atoms. The van der Waals surface area contributed by atoms with Crippen LogP contribution in [0.3, 0.4) is 0 Å². The van der Waals surface area contributed by atoms with Gasteiger partial charge in [-0.25, -0.2) is 0 Å². The van der Waals surface area contributed by atoms with Crippen molar-refractivity contribution in [1.82, 2.24) is 15.5 Å². The van der Waals surface area contributed by atoms with Crippen molar-refractivity contribution in [3.63, 3.8) is 0 Å². The van der Waals surface area contributed by atoms with Crippen molar-refractivity contribution < 1.29 is 4.79 Å². The van der Waals surface area contributed by atoms with Crippen molar-refractivity contribution in [2.24, 2.45) is 0 Å². The minimum Gasteiger partial charge on any atom is -0.272 e. The molecular weight excluding hydrogens is 82.0 g/mol. The standard InChI is InChI=1S/CH3N5/c2-6-1-3-4-5-6/h1H,2H2/p+1. The third-order valence-corrected chi connectivity index (χ3v) is 0.394. The number of H-pyrrole nitrogens is 1. The van der Waals surface area contributed by atoms with Gasteiger partial charge in [0, 0.05) is 0 Å². The van der Waals surface area contributed by atoms with Crippen LogP contribution in [0, 0.1) is 0 Å². The molecule has 5 heteroatoms. The van der Waals surface area contributed by atoms with E-state index in [9.17, 15) is 0 Å². The normalized spacial score (nSPS) is 8.67. The highest BCUT2D eigenvalue weighted by atomic mass is 15.6. The van der Waals surface area contributed by atoms with Crippen LogP contribution < -0.4 is 10.6 Å². The average Bonchev–Trinajstić information content (AvgIpc) is 1.86. The highest BCUT2D eigenvalue weighted by Crippen LogP contribution is 1.37. The molecule has 0 saturated heterocycles. The molecule has 1 rings (SSSR count). The molecule has 1 aromatic heterocycles. The van der Waals surface area contributed by atoms with Gasteiger partial charge in [-0.3, -0.25) is 5.84 Å². The fourth-order valence-electron chi connectivity index (χ4n) is 0.185. The van der Waals surface area contributed by atoms with E-state index in [2.05, 4.69) is 15.5 Å². The van der Waals surface area contributed by atoms with Crippen molar-refractivity contribution in [3.05, 3.63) is 6.33 Å². The first kappa shape index (κ1) is 3.08. The van der Waals surface area contributed by atoms with Gasteiger partial charge in [0.15, 0.2) is 5.21 Å². The summed E-state index contributed by atoms with van der Waals surface area (Å²) in [6, 6.07) is 0. The Balaban J connectivity index is 3.05. The molecule has 1 aromatic rings. The van der Waals surface area contributed by atoms with Crippen LogP contribution in [0.4, 0.5) is 0 Å². The summed E-state index contributed by atoms with van der Waals surface area (Å²) >= 11 is 0. The number of nitrogens with two attached hydrogens (primary N) is 1. The van der Waals surface area contributed by atoms with Gasteiger partial charge in [-0.2, -0.15) is 0 Å². The van der Waals surface area contributed by atoms with Crippen LogP contribution in [0.2, 0.25) is 0 Å². The summed E-state index contributed by atoms with van der Waals surface area (Å²) in [5, 5.41) is 8.97. The Kier molecular flexibility index (Phi) is 0.474. The van der Waals surface area contributed by atoms with Crippen molar-refractivity contribution in [3.8, 4) is 0 Å². The van der Waals surface area contributed by atoms with Crippen LogP contribution in [-0.4, -0.2) is 15.5 Å². The van der Waals surface area contributed by atoms with Crippen LogP contribution in [0.25, 0.3) is 0 Å². The summed E-state index contributed by atoms with van der Waals surface area (Å²) in [5.41, 5.74) is 0. The molecule has 3 N–H and O–H groups in total. The fraction of sp³-hybridized carbons (Fsp3) is 0.